The van der Waals surface area contributed by atoms with Gasteiger partial charge in [-0.15, -0.1) is 0 Å². The van der Waals surface area contributed by atoms with Gasteiger partial charge in [-0.2, -0.15) is 0 Å². The van der Waals surface area contributed by atoms with Crippen LogP contribution in [0.1, 0.15) is 57.2 Å². The summed E-state index contributed by atoms with van der Waals surface area (Å²) in [4.78, 5) is 42.1. The van der Waals surface area contributed by atoms with Crippen LogP contribution in [0, 0.1) is 0 Å². The van der Waals surface area contributed by atoms with Crippen molar-refractivity contribution in [1.82, 2.24) is 20.9 Å². The molecule has 5 atom stereocenters. The molecule has 204 valence electrons. The highest BCUT2D eigenvalue weighted by molar-refractivity contribution is 5.91. The number of nitrogens with two attached hydrogens (primary N) is 1. The highest BCUT2D eigenvalue weighted by Gasteiger charge is 2.31. The predicted octanol–water partition coefficient (Wildman–Crippen LogP) is 2.46. The number of H-pyrrole nitrogens is 1. The highest BCUT2D eigenvalue weighted by atomic mass is 16.3. The first kappa shape index (κ1) is 28.9. The molecular weight excluding hydrogens is 482 g/mol. The van der Waals surface area contributed by atoms with E-state index in [0.717, 1.165) is 28.5 Å². The van der Waals surface area contributed by atoms with Gasteiger partial charge >= 0.3 is 0 Å². The van der Waals surface area contributed by atoms with Gasteiger partial charge in [0.25, 0.3) is 5.91 Å². The molecule has 3 rings (SSSR count). The van der Waals surface area contributed by atoms with E-state index in [9.17, 15) is 19.5 Å². The number of para-hydroxylation sites is 1. The summed E-state index contributed by atoms with van der Waals surface area (Å²) >= 11 is 0. The molecule has 0 saturated heterocycles. The number of fused-ring (bicyclic) bond motifs is 1. The smallest absolute Gasteiger partial charge is 0.251 e. The van der Waals surface area contributed by atoms with Gasteiger partial charge in [0.2, 0.25) is 11.8 Å². The number of aliphatic hydroxyl groups excluding tert-OH is 1. The summed E-state index contributed by atoms with van der Waals surface area (Å²) in [6.45, 7) is 5.37. The van der Waals surface area contributed by atoms with Crippen molar-refractivity contribution in [3.05, 3.63) is 71.9 Å². The Morgan fingerprint density at radius 2 is 1.61 bits per heavy atom. The zero-order valence-electron chi connectivity index (χ0n) is 22.2. The number of benzene rings is 2. The molecule has 1 unspecified atom stereocenters. The van der Waals surface area contributed by atoms with Gasteiger partial charge in [-0.05, 0) is 37.5 Å². The van der Waals surface area contributed by atoms with Crippen LogP contribution in [0.5, 0.6) is 0 Å². The number of rotatable bonds is 13. The van der Waals surface area contributed by atoms with Gasteiger partial charge in [-0.1, -0.05) is 68.3 Å². The number of hydrogen-bond donors (Lipinski definition) is 6. The molecule has 0 fully saturated rings. The van der Waals surface area contributed by atoms with Crippen molar-refractivity contribution in [2.45, 2.75) is 76.7 Å². The minimum atomic E-state index is -1.46. The van der Waals surface area contributed by atoms with Gasteiger partial charge in [0.1, 0.15) is 6.04 Å². The molecule has 0 bridgehead atoms. The number of unbranched alkanes of at least 4 members (excludes halogenated alkanes) is 1. The third-order valence-electron chi connectivity index (χ3n) is 6.65. The third-order valence-corrected chi connectivity index (χ3v) is 6.65. The quantitative estimate of drug-likeness (QED) is 0.204. The Labute approximate surface area is 223 Å². The Morgan fingerprint density at radius 3 is 2.29 bits per heavy atom. The van der Waals surface area contributed by atoms with E-state index in [4.69, 9.17) is 5.73 Å². The molecule has 3 amide bonds. The topological polar surface area (TPSA) is 149 Å². The second-order valence-electron chi connectivity index (χ2n) is 9.76. The van der Waals surface area contributed by atoms with Crippen LogP contribution in [0.25, 0.3) is 10.9 Å². The summed E-state index contributed by atoms with van der Waals surface area (Å²) in [5, 5.41) is 20.3. The van der Waals surface area contributed by atoms with E-state index in [2.05, 4.69) is 20.9 Å². The Balaban J connectivity index is 1.77. The van der Waals surface area contributed by atoms with Crippen molar-refractivity contribution in [3.63, 3.8) is 0 Å². The Kier molecular flexibility index (Phi) is 10.4. The number of aromatic nitrogens is 1. The molecule has 38 heavy (non-hydrogen) atoms. The number of carbonyl (C=O) groups is 3. The zero-order chi connectivity index (χ0) is 27.7. The SMILES string of the molecule is CCCC[C@H](NC(=O)[C@H](Cc1c[nH]c2ccccc12)NC(=O)[C@H](C)N)C(O)C(=O)N[C@@H](C)c1ccccc1. The third kappa shape index (κ3) is 7.66. The normalized spacial score (nSPS) is 15.2. The van der Waals surface area contributed by atoms with Gasteiger partial charge in [-0.3, -0.25) is 14.4 Å². The van der Waals surface area contributed by atoms with Gasteiger partial charge in [-0.25, -0.2) is 0 Å². The fourth-order valence-corrected chi connectivity index (χ4v) is 4.36. The van der Waals surface area contributed by atoms with Crippen molar-refractivity contribution >= 4 is 28.6 Å². The zero-order valence-corrected chi connectivity index (χ0v) is 22.2. The lowest BCUT2D eigenvalue weighted by Gasteiger charge is -2.27. The number of aliphatic hydroxyl groups is 1. The maximum Gasteiger partial charge on any atom is 0.251 e. The van der Waals surface area contributed by atoms with Crippen molar-refractivity contribution in [2.24, 2.45) is 5.73 Å². The predicted molar refractivity (Wildman–Crippen MR) is 148 cm³/mol. The van der Waals surface area contributed by atoms with Crippen LogP contribution in [-0.4, -0.2) is 52.0 Å². The van der Waals surface area contributed by atoms with E-state index in [1.54, 1.807) is 6.92 Å². The van der Waals surface area contributed by atoms with Crippen LogP contribution in [0.15, 0.2) is 60.8 Å². The number of nitrogens with one attached hydrogen (secondary N) is 4. The first-order valence-electron chi connectivity index (χ1n) is 13.2. The Bertz CT molecular complexity index is 1210. The lowest BCUT2D eigenvalue weighted by atomic mass is 10.00. The molecule has 1 heterocycles. The number of amides is 3. The first-order chi connectivity index (χ1) is 18.2. The fourth-order valence-electron chi connectivity index (χ4n) is 4.36. The molecule has 0 spiro atoms. The molecule has 9 heteroatoms. The van der Waals surface area contributed by atoms with Gasteiger partial charge in [0, 0.05) is 23.5 Å². The van der Waals surface area contributed by atoms with Gasteiger partial charge in [0.05, 0.1) is 18.1 Å². The lowest BCUT2D eigenvalue weighted by molar-refractivity contribution is -0.134. The Morgan fingerprint density at radius 1 is 0.921 bits per heavy atom. The molecule has 0 aliphatic rings. The summed E-state index contributed by atoms with van der Waals surface area (Å²) in [6.07, 6.45) is 2.48. The van der Waals surface area contributed by atoms with Gasteiger partial charge < -0.3 is 31.8 Å². The summed E-state index contributed by atoms with van der Waals surface area (Å²) in [5.41, 5.74) is 8.43. The van der Waals surface area contributed by atoms with E-state index in [1.807, 2.05) is 74.6 Å². The van der Waals surface area contributed by atoms with E-state index in [0.29, 0.717) is 12.8 Å². The molecule has 0 aliphatic heterocycles. The van der Waals surface area contributed by atoms with Crippen LogP contribution in [0.4, 0.5) is 0 Å². The van der Waals surface area contributed by atoms with E-state index >= 15 is 0 Å². The van der Waals surface area contributed by atoms with E-state index < -0.39 is 42.0 Å². The molecule has 7 N–H and O–H groups in total. The number of aromatic amines is 1. The van der Waals surface area contributed by atoms with E-state index in [1.165, 1.54) is 0 Å². The van der Waals surface area contributed by atoms with Crippen LogP contribution in [0.3, 0.4) is 0 Å². The second kappa shape index (κ2) is 13.7. The highest BCUT2D eigenvalue weighted by Crippen LogP contribution is 2.20. The molecule has 0 aliphatic carbocycles. The van der Waals surface area contributed by atoms with Gasteiger partial charge in [0.15, 0.2) is 6.10 Å². The summed E-state index contributed by atoms with van der Waals surface area (Å²) in [6, 6.07) is 14.2. The van der Waals surface area contributed by atoms with Crippen molar-refractivity contribution < 1.29 is 19.5 Å². The monoisotopic (exact) mass is 521 g/mol. The standard InChI is InChI=1S/C29H39N5O4/c1-4-5-14-24(26(35)29(38)32-19(3)20-11-7-6-8-12-20)33-28(37)25(34-27(36)18(2)30)16-21-17-31-23-15-10-9-13-22(21)23/h6-13,15,17-19,24-26,31,35H,4-5,14,16,30H2,1-3H3,(H,32,38)(H,33,37)(H,34,36)/t18-,19-,24-,25-,26?/m0/s1. The largest absolute Gasteiger partial charge is 0.381 e. The molecule has 9 nitrogen and oxygen atoms in total. The van der Waals surface area contributed by atoms with Crippen LogP contribution in [0.2, 0.25) is 0 Å². The second-order valence-corrected chi connectivity index (χ2v) is 9.76. The molecule has 3 aromatic rings. The summed E-state index contributed by atoms with van der Waals surface area (Å²) in [7, 11) is 0. The average Bonchev–Trinajstić information content (AvgIpc) is 3.33. The Hall–Kier alpha value is -3.69. The molecule has 2 aromatic carbocycles. The average molecular weight is 522 g/mol. The maximum absolute atomic E-state index is 13.5. The number of hydrogen-bond acceptors (Lipinski definition) is 5. The molecule has 0 radical (unpaired) electrons. The minimum absolute atomic E-state index is 0.210. The van der Waals surface area contributed by atoms with Crippen molar-refractivity contribution in [2.75, 3.05) is 0 Å². The first-order valence-corrected chi connectivity index (χ1v) is 13.2. The fraction of sp³-hybridized carbons (Fsp3) is 0.414. The molecule has 0 saturated carbocycles. The molecular formula is C29H39N5O4. The maximum atomic E-state index is 13.5. The lowest BCUT2D eigenvalue weighted by Crippen LogP contribution is -2.57. The van der Waals surface area contributed by atoms with Crippen LogP contribution in [-0.2, 0) is 20.8 Å². The molecule has 1 aromatic heterocycles. The van der Waals surface area contributed by atoms with Crippen molar-refractivity contribution in [1.29, 1.82) is 0 Å². The van der Waals surface area contributed by atoms with E-state index in [-0.39, 0.29) is 12.5 Å². The van der Waals surface area contributed by atoms with Crippen LogP contribution < -0.4 is 21.7 Å². The van der Waals surface area contributed by atoms with Crippen molar-refractivity contribution in [3.8, 4) is 0 Å². The minimum Gasteiger partial charge on any atom is -0.381 e. The summed E-state index contributed by atoms with van der Waals surface area (Å²) in [5.74, 6) is -1.53. The summed E-state index contributed by atoms with van der Waals surface area (Å²) < 4.78 is 0. The van der Waals surface area contributed by atoms with Crippen LogP contribution >= 0.6 is 0 Å². The number of carbonyl (C=O) groups excluding carboxylic acids is 3.